The zero-order valence-corrected chi connectivity index (χ0v) is 28.6. The standard InChI is InChI=1S/C17H21NO4.C14H27NO4S.Na/c1-13(20)5-3-2-4-6-14-7-9-15(10-8-14)17(22)18-11-16(21)12-19;1-4-20-9-5-8-18-11-19-10-13(15-12(2)3)6-7-14(16)17;/h2-5,7-10,16,19-21H,1,6,11-12H2,(H,18,22);13,15H,2,4-11H2,1,3H3,(H,16,17);/q;;+1/p-1/b4-2-,5-3-;;. The molecular formula is C31H47N2NaO8S. The molecule has 1 aromatic rings. The zero-order chi connectivity index (χ0) is 31.6. The first-order valence-corrected chi connectivity index (χ1v) is 15.0. The summed E-state index contributed by atoms with van der Waals surface area (Å²) in [6, 6.07) is 7.02. The molecule has 1 amide bonds. The number of thioether (sulfide) groups is 1. The Morgan fingerprint density at radius 3 is 2.44 bits per heavy atom. The number of hydrogen-bond donors (Lipinski definition) is 5. The number of carboxylic acid groups (broad SMARTS) is 1. The summed E-state index contributed by atoms with van der Waals surface area (Å²) in [5.41, 5.74) is 2.32. The number of nitrogens with one attached hydrogen (secondary N) is 2. The summed E-state index contributed by atoms with van der Waals surface area (Å²) in [5.74, 6) is 0.888. The van der Waals surface area contributed by atoms with Gasteiger partial charge < -0.3 is 45.3 Å². The van der Waals surface area contributed by atoms with Gasteiger partial charge in [-0.3, -0.25) is 4.79 Å². The monoisotopic (exact) mass is 630 g/mol. The van der Waals surface area contributed by atoms with E-state index in [0.717, 1.165) is 29.2 Å². The van der Waals surface area contributed by atoms with Crippen molar-refractivity contribution in [3.05, 3.63) is 84.3 Å². The summed E-state index contributed by atoms with van der Waals surface area (Å²) in [7, 11) is 0. The number of amides is 1. The van der Waals surface area contributed by atoms with Crippen molar-refractivity contribution < 1.29 is 69.0 Å². The number of aliphatic carboxylic acids is 1. The van der Waals surface area contributed by atoms with Gasteiger partial charge in [0.2, 0.25) is 0 Å². The molecule has 2 unspecified atom stereocenters. The number of rotatable bonds is 22. The Morgan fingerprint density at radius 2 is 1.86 bits per heavy atom. The van der Waals surface area contributed by atoms with Crippen LogP contribution in [0.4, 0.5) is 0 Å². The van der Waals surface area contributed by atoms with E-state index >= 15 is 0 Å². The summed E-state index contributed by atoms with van der Waals surface area (Å²) in [5, 5.41) is 42.8. The Labute approximate surface area is 282 Å². The van der Waals surface area contributed by atoms with Crippen LogP contribution in [0, 0.1) is 0 Å². The number of carbonyl (C=O) groups excluding carboxylic acids is 2. The molecule has 0 radical (unpaired) electrons. The predicted molar refractivity (Wildman–Crippen MR) is 166 cm³/mol. The van der Waals surface area contributed by atoms with Gasteiger partial charge in [-0.15, -0.1) is 0 Å². The summed E-state index contributed by atoms with van der Waals surface area (Å²) in [6.45, 7) is 12.0. The second-order valence-electron chi connectivity index (χ2n) is 9.21. The molecule has 2 atom stereocenters. The van der Waals surface area contributed by atoms with Crippen LogP contribution < -0.4 is 45.3 Å². The van der Waals surface area contributed by atoms with E-state index < -0.39 is 12.1 Å². The van der Waals surface area contributed by atoms with Gasteiger partial charge in [-0.05, 0) is 67.9 Å². The van der Waals surface area contributed by atoms with Crippen molar-refractivity contribution in [2.75, 3.05) is 44.7 Å². The molecule has 43 heavy (non-hydrogen) atoms. The second-order valence-corrected chi connectivity index (χ2v) is 10.6. The van der Waals surface area contributed by atoms with Gasteiger partial charge in [0, 0.05) is 29.8 Å². The van der Waals surface area contributed by atoms with E-state index in [2.05, 4.69) is 30.7 Å². The van der Waals surface area contributed by atoms with Crippen molar-refractivity contribution in [3.8, 4) is 0 Å². The molecule has 10 nitrogen and oxygen atoms in total. The van der Waals surface area contributed by atoms with Crippen molar-refractivity contribution in [3.63, 3.8) is 0 Å². The normalized spacial score (nSPS) is 12.1. The third-order valence-electron chi connectivity index (χ3n) is 5.23. The van der Waals surface area contributed by atoms with E-state index in [9.17, 15) is 19.8 Å². The first-order chi connectivity index (χ1) is 20.1. The van der Waals surface area contributed by atoms with Crippen LogP contribution in [0.3, 0.4) is 0 Å². The maximum atomic E-state index is 11.8. The van der Waals surface area contributed by atoms with E-state index in [0.29, 0.717) is 31.6 Å². The Bertz CT molecular complexity index is 973. The van der Waals surface area contributed by atoms with Gasteiger partial charge in [0.25, 0.3) is 5.91 Å². The summed E-state index contributed by atoms with van der Waals surface area (Å²) in [6.07, 6.45) is 8.13. The first-order valence-electron chi connectivity index (χ1n) is 13.8. The molecule has 12 heteroatoms. The molecule has 0 aliphatic rings. The average Bonchev–Trinajstić information content (AvgIpc) is 2.95. The molecule has 1 rings (SSSR count). The van der Waals surface area contributed by atoms with Crippen molar-refractivity contribution in [1.82, 2.24) is 10.6 Å². The van der Waals surface area contributed by atoms with Gasteiger partial charge >= 0.3 is 29.6 Å². The number of carboxylic acids is 1. The Balaban J connectivity index is 0. The van der Waals surface area contributed by atoms with Crippen LogP contribution in [0.25, 0.3) is 0 Å². The number of aliphatic hydroxyl groups is 3. The van der Waals surface area contributed by atoms with E-state index in [4.69, 9.17) is 19.7 Å². The van der Waals surface area contributed by atoms with Gasteiger partial charge in [0.05, 0.1) is 25.9 Å². The van der Waals surface area contributed by atoms with Gasteiger partial charge in [-0.1, -0.05) is 50.4 Å². The fraction of sp³-hybridized carbons (Fsp3) is 0.484. The fourth-order valence-electron chi connectivity index (χ4n) is 3.17. The first kappa shape index (κ1) is 43.0. The van der Waals surface area contributed by atoms with Gasteiger partial charge in [-0.2, -0.15) is 11.8 Å². The molecule has 236 valence electrons. The maximum Gasteiger partial charge on any atom is 1.00 e. The minimum atomic E-state index is -1.05. The number of hydrogen-bond acceptors (Lipinski definition) is 10. The van der Waals surface area contributed by atoms with Crippen molar-refractivity contribution in [2.24, 2.45) is 0 Å². The molecule has 0 heterocycles. The molecule has 0 spiro atoms. The number of aliphatic hydroxyl groups excluding tert-OH is 3. The molecule has 0 aliphatic carbocycles. The van der Waals surface area contributed by atoms with Crippen LogP contribution in [-0.4, -0.2) is 84.0 Å². The smallest absolute Gasteiger partial charge is 0.550 e. The molecule has 0 saturated carbocycles. The zero-order valence-electron chi connectivity index (χ0n) is 25.8. The Morgan fingerprint density at radius 1 is 1.16 bits per heavy atom. The van der Waals surface area contributed by atoms with Crippen molar-refractivity contribution in [1.29, 1.82) is 0 Å². The Hall–Kier alpha value is -2.09. The summed E-state index contributed by atoms with van der Waals surface area (Å²) >= 11 is 1.89. The number of carbonyl (C=O) groups is 2. The summed E-state index contributed by atoms with van der Waals surface area (Å²) < 4.78 is 10.7. The molecular weight excluding hydrogens is 583 g/mol. The molecule has 0 aromatic heterocycles. The van der Waals surface area contributed by atoms with E-state index in [-0.39, 0.29) is 73.6 Å². The fourth-order valence-corrected chi connectivity index (χ4v) is 3.78. The molecule has 5 N–H and O–H groups in total. The van der Waals surface area contributed by atoms with E-state index in [1.165, 1.54) is 6.08 Å². The molecule has 0 bridgehead atoms. The third kappa shape index (κ3) is 27.2. The second kappa shape index (κ2) is 28.7. The van der Waals surface area contributed by atoms with Crippen LogP contribution in [0.15, 0.2) is 73.2 Å². The van der Waals surface area contributed by atoms with E-state index in [1.54, 1.807) is 24.3 Å². The Kier molecular flexibility index (Phi) is 28.7. The van der Waals surface area contributed by atoms with E-state index in [1.807, 2.05) is 36.9 Å². The number of allylic oxidation sites excluding steroid dienone is 5. The van der Waals surface area contributed by atoms with Gasteiger partial charge in [-0.25, -0.2) is 0 Å². The van der Waals surface area contributed by atoms with Crippen molar-refractivity contribution >= 4 is 23.6 Å². The minimum Gasteiger partial charge on any atom is -0.550 e. The SMILES string of the molecule is C=C(C)NC(CCC(=O)[O-])COCOCCCSCC.C=C(O)/C=C\C=C/Cc1ccc(C(=O)NCC(O)CO)cc1.[Na+]. The summed E-state index contributed by atoms with van der Waals surface area (Å²) in [4.78, 5) is 22.2. The van der Waals surface area contributed by atoms with Crippen LogP contribution in [0.2, 0.25) is 0 Å². The largest absolute Gasteiger partial charge is 1.00 e. The molecule has 0 aliphatic heterocycles. The number of ether oxygens (including phenoxy) is 2. The van der Waals surface area contributed by atoms with Crippen LogP contribution >= 0.6 is 11.8 Å². The van der Waals surface area contributed by atoms with Crippen molar-refractivity contribution in [2.45, 2.75) is 51.7 Å². The van der Waals surface area contributed by atoms with Crippen LogP contribution in [0.5, 0.6) is 0 Å². The predicted octanol–water partition coefficient (Wildman–Crippen LogP) is -0.358. The topological polar surface area (TPSA) is 160 Å². The molecule has 0 saturated heterocycles. The minimum absolute atomic E-state index is 0. The average molecular weight is 631 g/mol. The number of benzene rings is 1. The van der Waals surface area contributed by atoms with Crippen LogP contribution in [0.1, 0.15) is 49.0 Å². The third-order valence-corrected chi connectivity index (χ3v) is 6.21. The van der Waals surface area contributed by atoms with Gasteiger partial charge in [0.1, 0.15) is 12.6 Å². The molecule has 0 fully saturated rings. The van der Waals surface area contributed by atoms with Crippen LogP contribution in [-0.2, 0) is 20.7 Å². The maximum absolute atomic E-state index is 11.8. The molecule has 1 aromatic carbocycles. The quantitative estimate of drug-likeness (QED) is 0.0377. The van der Waals surface area contributed by atoms with Gasteiger partial charge in [0.15, 0.2) is 0 Å².